The zero-order valence-electron chi connectivity index (χ0n) is 14.1. The quantitative estimate of drug-likeness (QED) is 0.836. The van der Waals surface area contributed by atoms with Crippen LogP contribution < -0.4 is 5.32 Å². The first-order valence-corrected chi connectivity index (χ1v) is 9.07. The summed E-state index contributed by atoms with van der Waals surface area (Å²) in [6.07, 6.45) is -2.21. The number of hydrogen-bond acceptors (Lipinski definition) is 3. The molecule has 0 aromatic rings. The van der Waals surface area contributed by atoms with Crippen molar-refractivity contribution >= 4 is 12.0 Å². The molecule has 1 N–H and O–H groups in total. The van der Waals surface area contributed by atoms with Crippen molar-refractivity contribution in [3.63, 3.8) is 0 Å². The Hall–Kier alpha value is -1.47. The van der Waals surface area contributed by atoms with Gasteiger partial charge in [-0.1, -0.05) is 0 Å². The molecule has 0 aromatic heterocycles. The zero-order chi connectivity index (χ0) is 18.0. The number of nitrogens with one attached hydrogen (secondary N) is 1. The SMILES string of the molecule is O=C(CN1CC2CC(F)CCC2OC1=O)NCC1CCC(F)CC1F. The van der Waals surface area contributed by atoms with Crippen LogP contribution in [-0.2, 0) is 9.53 Å². The van der Waals surface area contributed by atoms with E-state index in [9.17, 15) is 22.8 Å². The molecular formula is C17H25F3N2O3. The van der Waals surface area contributed by atoms with Crippen LogP contribution in [-0.4, -0.2) is 61.2 Å². The zero-order valence-corrected chi connectivity index (χ0v) is 14.1. The first-order valence-electron chi connectivity index (χ1n) is 9.07. The number of rotatable bonds is 4. The lowest BCUT2D eigenvalue weighted by Gasteiger charge is -2.41. The summed E-state index contributed by atoms with van der Waals surface area (Å²) in [5.74, 6) is -0.888. The number of carbonyl (C=O) groups excluding carboxylic acids is 2. The molecule has 1 heterocycles. The van der Waals surface area contributed by atoms with Crippen LogP contribution >= 0.6 is 0 Å². The van der Waals surface area contributed by atoms with E-state index < -0.39 is 30.5 Å². The number of nitrogens with zero attached hydrogens (tertiary/aromatic N) is 1. The Kier molecular flexibility index (Phi) is 5.74. The summed E-state index contributed by atoms with van der Waals surface area (Å²) in [5, 5.41) is 2.62. The first kappa shape index (κ1) is 18.3. The maximum Gasteiger partial charge on any atom is 0.410 e. The van der Waals surface area contributed by atoms with Crippen molar-refractivity contribution in [3.05, 3.63) is 0 Å². The Bertz CT molecular complexity index is 508. The summed E-state index contributed by atoms with van der Waals surface area (Å²) in [4.78, 5) is 25.3. The Morgan fingerprint density at radius 2 is 1.84 bits per heavy atom. The largest absolute Gasteiger partial charge is 0.446 e. The second-order valence-electron chi connectivity index (χ2n) is 7.46. The Labute approximate surface area is 145 Å². The second kappa shape index (κ2) is 7.83. The number of halogens is 3. The fraction of sp³-hybridized carbons (Fsp3) is 0.882. The van der Waals surface area contributed by atoms with Crippen LogP contribution in [0.3, 0.4) is 0 Å². The van der Waals surface area contributed by atoms with Gasteiger partial charge in [-0.05, 0) is 32.1 Å². The molecule has 142 valence electrons. The first-order chi connectivity index (χ1) is 11.9. The normalized spacial score (nSPS) is 38.7. The molecule has 0 aromatic carbocycles. The molecule has 3 rings (SSSR count). The van der Waals surface area contributed by atoms with E-state index in [1.807, 2.05) is 0 Å². The third-order valence-electron chi connectivity index (χ3n) is 5.55. The van der Waals surface area contributed by atoms with Gasteiger partial charge >= 0.3 is 6.09 Å². The monoisotopic (exact) mass is 362 g/mol. The summed E-state index contributed by atoms with van der Waals surface area (Å²) in [5.41, 5.74) is 0. The number of alkyl halides is 3. The van der Waals surface area contributed by atoms with Crippen LogP contribution in [0.25, 0.3) is 0 Å². The third-order valence-corrected chi connectivity index (χ3v) is 5.55. The summed E-state index contributed by atoms with van der Waals surface area (Å²) in [6, 6.07) is 0. The van der Waals surface area contributed by atoms with E-state index in [4.69, 9.17) is 4.74 Å². The van der Waals surface area contributed by atoms with Crippen LogP contribution in [0.2, 0.25) is 0 Å². The molecule has 8 heteroatoms. The molecule has 2 saturated carbocycles. The highest BCUT2D eigenvalue weighted by atomic mass is 19.1. The minimum Gasteiger partial charge on any atom is -0.446 e. The van der Waals surface area contributed by atoms with E-state index in [2.05, 4.69) is 5.32 Å². The van der Waals surface area contributed by atoms with Gasteiger partial charge in [0, 0.05) is 31.3 Å². The van der Waals surface area contributed by atoms with Gasteiger partial charge in [-0.25, -0.2) is 18.0 Å². The van der Waals surface area contributed by atoms with Gasteiger partial charge in [0.15, 0.2) is 0 Å². The molecule has 1 saturated heterocycles. The standard InChI is InChI=1S/C17H25F3N2O3/c18-12-3-4-15-11(5-12)8-22(17(24)25-15)9-16(23)21-7-10-1-2-13(19)6-14(10)20/h10-15H,1-9H2,(H,21,23). The molecule has 0 spiro atoms. The molecule has 0 bridgehead atoms. The molecular weight excluding hydrogens is 337 g/mol. The lowest BCUT2D eigenvalue weighted by molar-refractivity contribution is -0.124. The van der Waals surface area contributed by atoms with E-state index in [1.165, 1.54) is 4.90 Å². The smallest absolute Gasteiger partial charge is 0.410 e. The lowest BCUT2D eigenvalue weighted by Crippen LogP contribution is -2.53. The molecule has 2 aliphatic carbocycles. The number of hydrogen-bond donors (Lipinski definition) is 1. The highest BCUT2D eigenvalue weighted by Gasteiger charge is 2.40. The van der Waals surface area contributed by atoms with Crippen molar-refractivity contribution in [2.75, 3.05) is 19.6 Å². The molecule has 25 heavy (non-hydrogen) atoms. The van der Waals surface area contributed by atoms with Crippen molar-refractivity contribution in [1.82, 2.24) is 10.2 Å². The molecule has 2 amide bonds. The average Bonchev–Trinajstić information content (AvgIpc) is 2.55. The van der Waals surface area contributed by atoms with Crippen molar-refractivity contribution < 1.29 is 27.5 Å². The van der Waals surface area contributed by atoms with Gasteiger partial charge in [0.05, 0.1) is 0 Å². The number of amides is 2. The maximum atomic E-state index is 13.8. The predicted octanol–water partition coefficient (Wildman–Crippen LogP) is 2.54. The Balaban J connectivity index is 1.45. The molecule has 6 unspecified atom stereocenters. The molecule has 0 radical (unpaired) electrons. The van der Waals surface area contributed by atoms with Crippen LogP contribution in [0.5, 0.6) is 0 Å². The number of carbonyl (C=O) groups is 2. The van der Waals surface area contributed by atoms with Crippen LogP contribution in [0, 0.1) is 11.8 Å². The molecule has 3 fully saturated rings. The topological polar surface area (TPSA) is 58.6 Å². The van der Waals surface area contributed by atoms with E-state index in [0.29, 0.717) is 38.6 Å². The minimum absolute atomic E-state index is 0.0932. The van der Waals surface area contributed by atoms with Gasteiger partial charge < -0.3 is 10.1 Å². The van der Waals surface area contributed by atoms with Gasteiger partial charge in [0.2, 0.25) is 5.91 Å². The fourth-order valence-electron chi connectivity index (χ4n) is 4.05. The van der Waals surface area contributed by atoms with Gasteiger partial charge in [-0.15, -0.1) is 0 Å². The average molecular weight is 362 g/mol. The van der Waals surface area contributed by atoms with Gasteiger partial charge in [0.25, 0.3) is 0 Å². The molecule has 6 atom stereocenters. The van der Waals surface area contributed by atoms with E-state index in [-0.39, 0.29) is 37.5 Å². The fourth-order valence-corrected chi connectivity index (χ4v) is 4.05. The predicted molar refractivity (Wildman–Crippen MR) is 84.2 cm³/mol. The van der Waals surface area contributed by atoms with E-state index in [0.717, 1.165) is 0 Å². The molecule has 5 nitrogen and oxygen atoms in total. The summed E-state index contributed by atoms with van der Waals surface area (Å²) in [6.45, 7) is 0.249. The second-order valence-corrected chi connectivity index (χ2v) is 7.46. The molecule has 1 aliphatic heterocycles. The lowest BCUT2D eigenvalue weighted by atomic mass is 9.84. The van der Waals surface area contributed by atoms with Crippen LogP contribution in [0.4, 0.5) is 18.0 Å². The number of fused-ring (bicyclic) bond motifs is 1. The van der Waals surface area contributed by atoms with Crippen molar-refractivity contribution in [3.8, 4) is 0 Å². The van der Waals surface area contributed by atoms with Crippen molar-refractivity contribution in [2.45, 2.75) is 63.1 Å². The maximum absolute atomic E-state index is 13.8. The summed E-state index contributed by atoms with van der Waals surface area (Å²) >= 11 is 0. The van der Waals surface area contributed by atoms with Gasteiger partial charge in [0.1, 0.15) is 31.2 Å². The minimum atomic E-state index is -1.26. The highest BCUT2D eigenvalue weighted by molar-refractivity contribution is 5.82. The molecule has 3 aliphatic rings. The Morgan fingerprint density at radius 1 is 1.12 bits per heavy atom. The Morgan fingerprint density at radius 3 is 2.60 bits per heavy atom. The third kappa shape index (κ3) is 4.58. The summed E-state index contributed by atoms with van der Waals surface area (Å²) < 4.78 is 45.7. The van der Waals surface area contributed by atoms with Crippen molar-refractivity contribution in [2.24, 2.45) is 11.8 Å². The highest BCUT2D eigenvalue weighted by Crippen LogP contribution is 2.33. The van der Waals surface area contributed by atoms with Gasteiger partial charge in [-0.3, -0.25) is 9.69 Å². The number of ether oxygens (including phenoxy) is 1. The van der Waals surface area contributed by atoms with Crippen LogP contribution in [0.1, 0.15) is 38.5 Å². The van der Waals surface area contributed by atoms with Crippen LogP contribution in [0.15, 0.2) is 0 Å². The van der Waals surface area contributed by atoms with Crippen molar-refractivity contribution in [1.29, 1.82) is 0 Å². The summed E-state index contributed by atoms with van der Waals surface area (Å²) in [7, 11) is 0. The van der Waals surface area contributed by atoms with Gasteiger partial charge in [-0.2, -0.15) is 0 Å². The van der Waals surface area contributed by atoms with E-state index in [1.54, 1.807) is 0 Å². The van der Waals surface area contributed by atoms with E-state index >= 15 is 0 Å².